The molecule has 2 aromatic heterocycles. The fraction of sp³-hybridized carbons (Fsp3) is 0.323. The second-order valence-corrected chi connectivity index (χ2v) is 10.4. The van der Waals surface area contributed by atoms with Crippen molar-refractivity contribution in [2.24, 2.45) is 0 Å². The molecule has 4 aromatic rings. The second kappa shape index (κ2) is 10.1. The van der Waals surface area contributed by atoms with Crippen molar-refractivity contribution in [2.45, 2.75) is 51.2 Å². The van der Waals surface area contributed by atoms with Crippen LogP contribution < -0.4 is 10.1 Å². The highest BCUT2D eigenvalue weighted by molar-refractivity contribution is 5.99. The Bertz CT molecular complexity index is 1500. The number of pyridine rings is 2. The summed E-state index contributed by atoms with van der Waals surface area (Å²) >= 11 is 0. The van der Waals surface area contributed by atoms with Gasteiger partial charge in [0.1, 0.15) is 17.1 Å². The fourth-order valence-electron chi connectivity index (χ4n) is 4.93. The molecular formula is C31H30FN3O3. The molecule has 7 heteroatoms. The van der Waals surface area contributed by atoms with Gasteiger partial charge in [-0.05, 0) is 66.9 Å². The van der Waals surface area contributed by atoms with Crippen molar-refractivity contribution in [3.8, 4) is 17.0 Å². The summed E-state index contributed by atoms with van der Waals surface area (Å²) in [5.41, 5.74) is 6.11. The van der Waals surface area contributed by atoms with Gasteiger partial charge in [-0.2, -0.15) is 0 Å². The van der Waals surface area contributed by atoms with Crippen LogP contribution in [0.2, 0.25) is 0 Å². The first-order valence-corrected chi connectivity index (χ1v) is 13.2. The highest BCUT2D eigenvalue weighted by Crippen LogP contribution is 2.36. The van der Waals surface area contributed by atoms with Gasteiger partial charge in [0, 0.05) is 52.3 Å². The Kier molecular flexibility index (Phi) is 6.54. The summed E-state index contributed by atoms with van der Waals surface area (Å²) in [6.45, 7) is 5.74. The van der Waals surface area contributed by atoms with E-state index >= 15 is 0 Å². The lowest BCUT2D eigenvalue weighted by Gasteiger charge is -2.27. The number of hydrogen-bond donors (Lipinski definition) is 1. The van der Waals surface area contributed by atoms with Gasteiger partial charge in [-0.1, -0.05) is 19.9 Å². The van der Waals surface area contributed by atoms with Crippen LogP contribution in [0.15, 0.2) is 60.8 Å². The van der Waals surface area contributed by atoms with E-state index in [-0.39, 0.29) is 29.7 Å². The number of halogens is 1. The maximum Gasteiger partial charge on any atom is 0.251 e. The molecule has 1 amide bonds. The number of hydrogen-bond acceptors (Lipinski definition) is 5. The van der Waals surface area contributed by atoms with E-state index in [1.165, 1.54) is 17.7 Å². The Morgan fingerprint density at radius 2 is 2.00 bits per heavy atom. The number of benzene rings is 2. The van der Waals surface area contributed by atoms with Gasteiger partial charge in [-0.15, -0.1) is 0 Å². The summed E-state index contributed by atoms with van der Waals surface area (Å²) < 4.78 is 25.5. The van der Waals surface area contributed by atoms with Crippen LogP contribution in [0.3, 0.4) is 0 Å². The molecule has 0 saturated heterocycles. The maximum atomic E-state index is 13.6. The van der Waals surface area contributed by atoms with Crippen molar-refractivity contribution < 1.29 is 18.7 Å². The van der Waals surface area contributed by atoms with Crippen molar-refractivity contribution in [2.75, 3.05) is 13.2 Å². The number of carbonyl (C=O) groups excluding carboxylic acids is 1. The van der Waals surface area contributed by atoms with Crippen LogP contribution >= 0.6 is 0 Å². The van der Waals surface area contributed by atoms with Gasteiger partial charge in [0.2, 0.25) is 0 Å². The zero-order valence-electron chi connectivity index (χ0n) is 21.5. The number of nitrogens with one attached hydrogen (secondary N) is 1. The van der Waals surface area contributed by atoms with Gasteiger partial charge in [0.15, 0.2) is 0 Å². The zero-order chi connectivity index (χ0) is 26.2. The van der Waals surface area contributed by atoms with Crippen molar-refractivity contribution in [1.29, 1.82) is 0 Å². The highest BCUT2D eigenvalue weighted by Gasteiger charge is 2.26. The molecule has 1 aliphatic carbocycles. The molecular weight excluding hydrogens is 481 g/mol. The van der Waals surface area contributed by atoms with Crippen LogP contribution in [0.25, 0.3) is 22.2 Å². The first kappa shape index (κ1) is 24.5. The second-order valence-electron chi connectivity index (χ2n) is 10.4. The Labute approximate surface area is 221 Å². The first-order valence-electron chi connectivity index (χ1n) is 13.2. The van der Waals surface area contributed by atoms with Crippen molar-refractivity contribution in [1.82, 2.24) is 15.3 Å². The summed E-state index contributed by atoms with van der Waals surface area (Å²) in [5.74, 6) is 0.386. The quantitative estimate of drug-likeness (QED) is 0.322. The predicted octanol–water partition coefficient (Wildman–Crippen LogP) is 6.14. The Morgan fingerprint density at radius 1 is 1.18 bits per heavy atom. The monoisotopic (exact) mass is 511 g/mol. The summed E-state index contributed by atoms with van der Waals surface area (Å²) in [4.78, 5) is 22.7. The third kappa shape index (κ3) is 4.98. The number of nitrogens with zero attached hydrogens (tertiary/aromatic N) is 2. The van der Waals surface area contributed by atoms with Crippen molar-refractivity contribution >= 4 is 16.8 Å². The Hall–Kier alpha value is -3.84. The molecule has 0 bridgehead atoms. The van der Waals surface area contributed by atoms with Gasteiger partial charge in [0.25, 0.3) is 5.91 Å². The molecule has 1 fully saturated rings. The predicted molar refractivity (Wildman–Crippen MR) is 144 cm³/mol. The van der Waals surface area contributed by atoms with Gasteiger partial charge < -0.3 is 14.8 Å². The SMILES string of the molecule is C[C@H](CNC(=O)c1cc(OC2CC2)c2ncccc2c1)c1cc2c(c(-c3ccc(F)cc3)n1)COC[C@H]2C. The number of aromatic nitrogens is 2. The van der Waals surface area contributed by atoms with E-state index in [0.717, 1.165) is 46.3 Å². The van der Waals surface area contributed by atoms with E-state index in [4.69, 9.17) is 14.5 Å². The summed E-state index contributed by atoms with van der Waals surface area (Å²) in [7, 11) is 0. The van der Waals surface area contributed by atoms with Crippen LogP contribution in [0.5, 0.6) is 5.75 Å². The van der Waals surface area contributed by atoms with Crippen molar-refractivity contribution in [3.63, 3.8) is 0 Å². The van der Waals surface area contributed by atoms with Crippen LogP contribution in [-0.2, 0) is 11.3 Å². The van der Waals surface area contributed by atoms with Gasteiger partial charge in [-0.25, -0.2) is 4.39 Å². The molecule has 6 rings (SSSR count). The largest absolute Gasteiger partial charge is 0.488 e. The standard InChI is InChI=1S/C31H30FN3O3/c1-18(15-34-31(36)22-12-21-4-3-11-33-30(21)28(13-22)38-24-9-10-24)27-14-25-19(2)16-37-17-26(25)29(35-27)20-5-7-23(32)8-6-20/h3-8,11-14,18-19,24H,9-10,15-17H2,1-2H3,(H,34,36)/t18-,19-/m1/s1. The number of rotatable bonds is 7. The molecule has 2 atom stereocenters. The molecule has 1 aliphatic heterocycles. The van der Waals surface area contributed by atoms with E-state index in [1.54, 1.807) is 24.4 Å². The van der Waals surface area contributed by atoms with E-state index in [1.807, 2.05) is 18.2 Å². The summed E-state index contributed by atoms with van der Waals surface area (Å²) in [6, 6.07) is 16.0. The van der Waals surface area contributed by atoms with Crippen LogP contribution in [0.4, 0.5) is 4.39 Å². The number of fused-ring (bicyclic) bond motifs is 2. The summed E-state index contributed by atoms with van der Waals surface area (Å²) in [5, 5.41) is 3.96. The summed E-state index contributed by atoms with van der Waals surface area (Å²) in [6.07, 6.45) is 4.00. The molecule has 1 saturated carbocycles. The molecule has 194 valence electrons. The fourth-order valence-corrected chi connectivity index (χ4v) is 4.93. The lowest BCUT2D eigenvalue weighted by molar-refractivity contribution is 0.0949. The van der Waals surface area contributed by atoms with E-state index in [0.29, 0.717) is 31.1 Å². The van der Waals surface area contributed by atoms with Crippen LogP contribution in [0.1, 0.15) is 65.7 Å². The lowest BCUT2D eigenvalue weighted by atomic mass is 9.89. The molecule has 0 spiro atoms. The molecule has 2 aromatic carbocycles. The minimum absolute atomic E-state index is 0.0391. The highest BCUT2D eigenvalue weighted by atomic mass is 19.1. The molecule has 6 nitrogen and oxygen atoms in total. The third-order valence-corrected chi connectivity index (χ3v) is 7.27. The van der Waals surface area contributed by atoms with Crippen molar-refractivity contribution in [3.05, 3.63) is 89.0 Å². The average molecular weight is 512 g/mol. The molecule has 0 unspecified atom stereocenters. The first-order chi connectivity index (χ1) is 18.5. The molecule has 3 heterocycles. The number of amides is 1. The van der Waals surface area contributed by atoms with Gasteiger partial charge >= 0.3 is 0 Å². The van der Waals surface area contributed by atoms with Crippen LogP contribution in [0, 0.1) is 5.82 Å². The Morgan fingerprint density at radius 3 is 2.79 bits per heavy atom. The molecule has 38 heavy (non-hydrogen) atoms. The van der Waals surface area contributed by atoms with E-state index < -0.39 is 0 Å². The van der Waals surface area contributed by atoms with Gasteiger partial charge in [-0.3, -0.25) is 14.8 Å². The smallest absolute Gasteiger partial charge is 0.251 e. The molecule has 0 radical (unpaired) electrons. The topological polar surface area (TPSA) is 73.3 Å². The zero-order valence-corrected chi connectivity index (χ0v) is 21.5. The Balaban J connectivity index is 1.25. The minimum Gasteiger partial charge on any atom is -0.488 e. The van der Waals surface area contributed by atoms with Crippen LogP contribution in [-0.4, -0.2) is 35.1 Å². The van der Waals surface area contributed by atoms with E-state index in [2.05, 4.69) is 30.2 Å². The molecule has 1 N–H and O–H groups in total. The normalized spacial score (nSPS) is 17.6. The molecule has 2 aliphatic rings. The van der Waals surface area contributed by atoms with E-state index in [9.17, 15) is 9.18 Å². The minimum atomic E-state index is -0.283. The van der Waals surface area contributed by atoms with Gasteiger partial charge in [0.05, 0.1) is 25.0 Å². The maximum absolute atomic E-state index is 13.6. The number of carbonyl (C=O) groups is 1. The third-order valence-electron chi connectivity index (χ3n) is 7.27. The number of ether oxygens (including phenoxy) is 2. The average Bonchev–Trinajstić information content (AvgIpc) is 3.76. The lowest BCUT2D eigenvalue weighted by Crippen LogP contribution is -2.28.